The molecule has 1 fully saturated rings. The number of benzene rings is 2. The van der Waals surface area contributed by atoms with Crippen LogP contribution < -0.4 is 4.74 Å². The van der Waals surface area contributed by atoms with Crippen molar-refractivity contribution in [1.82, 2.24) is 9.78 Å². The van der Waals surface area contributed by atoms with Crippen molar-refractivity contribution in [3.05, 3.63) is 71.4 Å². The van der Waals surface area contributed by atoms with Crippen molar-refractivity contribution in [2.24, 2.45) is 0 Å². The van der Waals surface area contributed by atoms with Gasteiger partial charge in [0.15, 0.2) is 0 Å². The first kappa shape index (κ1) is 19.6. The molecule has 1 aromatic heterocycles. The SMILES string of the molecule is C=C(O)c1cc(-c2ccc(C3CCCCC3)c(Cl)c2)n(-c2cccc(OC)c2)n1. The Morgan fingerprint density at radius 3 is 2.62 bits per heavy atom. The van der Waals surface area contributed by atoms with Gasteiger partial charge in [0, 0.05) is 16.7 Å². The topological polar surface area (TPSA) is 47.3 Å². The van der Waals surface area contributed by atoms with Gasteiger partial charge in [-0.15, -0.1) is 0 Å². The zero-order chi connectivity index (χ0) is 20.4. The molecule has 4 rings (SSSR count). The van der Waals surface area contributed by atoms with Gasteiger partial charge in [-0.05, 0) is 48.6 Å². The first-order chi connectivity index (χ1) is 14.1. The van der Waals surface area contributed by atoms with E-state index < -0.39 is 0 Å². The van der Waals surface area contributed by atoms with Crippen LogP contribution in [0, 0.1) is 0 Å². The van der Waals surface area contributed by atoms with Gasteiger partial charge in [-0.1, -0.05) is 55.6 Å². The molecular weight excluding hydrogens is 384 g/mol. The average Bonchev–Trinajstić information content (AvgIpc) is 3.20. The fourth-order valence-corrected chi connectivity index (χ4v) is 4.43. The van der Waals surface area contributed by atoms with Crippen LogP contribution in [-0.2, 0) is 0 Å². The molecule has 0 bridgehead atoms. The third-order valence-corrected chi connectivity index (χ3v) is 5.97. The highest BCUT2D eigenvalue weighted by Gasteiger charge is 2.20. The zero-order valence-electron chi connectivity index (χ0n) is 16.6. The molecule has 0 spiro atoms. The summed E-state index contributed by atoms with van der Waals surface area (Å²) in [6.45, 7) is 3.62. The Kier molecular flexibility index (Phi) is 5.63. The second-order valence-corrected chi connectivity index (χ2v) is 7.95. The summed E-state index contributed by atoms with van der Waals surface area (Å²) in [6, 6.07) is 15.7. The van der Waals surface area contributed by atoms with Gasteiger partial charge in [0.1, 0.15) is 17.2 Å². The first-order valence-corrected chi connectivity index (χ1v) is 10.4. The van der Waals surface area contributed by atoms with E-state index >= 15 is 0 Å². The second-order valence-electron chi connectivity index (χ2n) is 7.55. The lowest BCUT2D eigenvalue weighted by Gasteiger charge is -2.23. The average molecular weight is 409 g/mol. The van der Waals surface area contributed by atoms with Crippen LogP contribution in [0.1, 0.15) is 49.3 Å². The van der Waals surface area contributed by atoms with Gasteiger partial charge in [0.2, 0.25) is 0 Å². The molecule has 0 amide bonds. The summed E-state index contributed by atoms with van der Waals surface area (Å²) < 4.78 is 7.13. The maximum absolute atomic E-state index is 9.90. The highest BCUT2D eigenvalue weighted by molar-refractivity contribution is 6.31. The summed E-state index contributed by atoms with van der Waals surface area (Å²) in [6.07, 6.45) is 6.27. The molecule has 1 N–H and O–H groups in total. The van der Waals surface area contributed by atoms with E-state index in [1.54, 1.807) is 11.8 Å². The van der Waals surface area contributed by atoms with E-state index in [1.807, 2.05) is 36.4 Å². The van der Waals surface area contributed by atoms with Gasteiger partial charge in [-0.25, -0.2) is 4.68 Å². The minimum absolute atomic E-state index is 0.0715. The normalized spacial score (nSPS) is 14.7. The van der Waals surface area contributed by atoms with Crippen LogP contribution in [0.5, 0.6) is 5.75 Å². The molecule has 29 heavy (non-hydrogen) atoms. The Labute approximate surface area is 176 Å². The van der Waals surface area contributed by atoms with Crippen molar-refractivity contribution < 1.29 is 9.84 Å². The molecular formula is C24H25ClN2O2. The molecule has 1 aliphatic carbocycles. The number of halogens is 1. The lowest BCUT2D eigenvalue weighted by atomic mass is 9.84. The van der Waals surface area contributed by atoms with E-state index in [0.717, 1.165) is 27.7 Å². The van der Waals surface area contributed by atoms with Crippen LogP contribution in [0.15, 0.2) is 55.1 Å². The molecule has 2 aromatic carbocycles. The molecule has 1 heterocycles. The molecule has 4 nitrogen and oxygen atoms in total. The molecule has 0 unspecified atom stereocenters. The van der Waals surface area contributed by atoms with Gasteiger partial charge in [-0.3, -0.25) is 0 Å². The molecule has 3 aromatic rings. The van der Waals surface area contributed by atoms with Crippen molar-refractivity contribution in [1.29, 1.82) is 0 Å². The Bertz CT molecular complexity index is 1040. The van der Waals surface area contributed by atoms with Gasteiger partial charge in [0.25, 0.3) is 0 Å². The number of aliphatic hydroxyl groups is 1. The largest absolute Gasteiger partial charge is 0.506 e. The molecule has 1 saturated carbocycles. The van der Waals surface area contributed by atoms with Crippen LogP contribution in [0.4, 0.5) is 0 Å². The van der Waals surface area contributed by atoms with E-state index in [0.29, 0.717) is 11.6 Å². The first-order valence-electron chi connectivity index (χ1n) is 9.99. The van der Waals surface area contributed by atoms with E-state index in [1.165, 1.54) is 37.7 Å². The van der Waals surface area contributed by atoms with Gasteiger partial charge in [0.05, 0.1) is 18.5 Å². The Balaban J connectivity index is 1.77. The maximum Gasteiger partial charge on any atom is 0.135 e. The van der Waals surface area contributed by atoms with E-state index in [2.05, 4.69) is 23.8 Å². The zero-order valence-corrected chi connectivity index (χ0v) is 17.3. The highest BCUT2D eigenvalue weighted by atomic mass is 35.5. The van der Waals surface area contributed by atoms with Crippen molar-refractivity contribution in [2.75, 3.05) is 7.11 Å². The molecule has 5 heteroatoms. The number of hydrogen-bond acceptors (Lipinski definition) is 3. The van der Waals surface area contributed by atoms with E-state index in [-0.39, 0.29) is 5.76 Å². The summed E-state index contributed by atoms with van der Waals surface area (Å²) in [5.41, 5.74) is 4.27. The molecule has 0 radical (unpaired) electrons. The summed E-state index contributed by atoms with van der Waals surface area (Å²) >= 11 is 6.71. The Morgan fingerprint density at radius 2 is 1.93 bits per heavy atom. The standard InChI is InChI=1S/C24H25ClN2O2/c1-16(28)23-15-24(27(26-23)19-9-6-10-20(14-19)29-2)18-11-12-21(22(25)13-18)17-7-4-3-5-8-17/h6,9-15,17,28H,1,3-5,7-8H2,2H3. The van der Waals surface area contributed by atoms with Crippen LogP contribution in [0.3, 0.4) is 0 Å². The Morgan fingerprint density at radius 1 is 1.14 bits per heavy atom. The second kappa shape index (κ2) is 8.34. The van der Waals surface area contributed by atoms with E-state index in [4.69, 9.17) is 16.3 Å². The van der Waals surface area contributed by atoms with Crippen LogP contribution in [-0.4, -0.2) is 22.0 Å². The monoisotopic (exact) mass is 408 g/mol. The molecule has 1 aliphatic rings. The minimum Gasteiger partial charge on any atom is -0.506 e. The fourth-order valence-electron chi connectivity index (χ4n) is 4.10. The quantitative estimate of drug-likeness (QED) is 0.473. The number of rotatable bonds is 5. The molecule has 150 valence electrons. The maximum atomic E-state index is 9.90. The van der Waals surface area contributed by atoms with Crippen molar-refractivity contribution in [2.45, 2.75) is 38.0 Å². The van der Waals surface area contributed by atoms with Gasteiger partial charge >= 0.3 is 0 Å². The minimum atomic E-state index is -0.0715. The lowest BCUT2D eigenvalue weighted by Crippen LogP contribution is -2.05. The number of methoxy groups -OCH3 is 1. The predicted octanol–water partition coefficient (Wildman–Crippen LogP) is 6.78. The van der Waals surface area contributed by atoms with Crippen molar-refractivity contribution in [3.63, 3.8) is 0 Å². The molecule has 0 atom stereocenters. The third kappa shape index (κ3) is 4.03. The fraction of sp³-hybridized carbons (Fsp3) is 0.292. The molecule has 0 saturated heterocycles. The summed E-state index contributed by atoms with van der Waals surface area (Å²) in [7, 11) is 1.63. The van der Waals surface area contributed by atoms with Gasteiger partial charge in [-0.2, -0.15) is 5.10 Å². The number of ether oxygens (including phenoxy) is 1. The van der Waals surface area contributed by atoms with Crippen LogP contribution in [0.2, 0.25) is 5.02 Å². The third-order valence-electron chi connectivity index (χ3n) is 5.64. The van der Waals surface area contributed by atoms with Crippen molar-refractivity contribution in [3.8, 4) is 22.7 Å². The number of hydrogen-bond donors (Lipinski definition) is 1. The summed E-state index contributed by atoms with van der Waals surface area (Å²) in [4.78, 5) is 0. The smallest absolute Gasteiger partial charge is 0.135 e. The lowest BCUT2D eigenvalue weighted by molar-refractivity contribution is 0.414. The number of aromatic nitrogens is 2. The predicted molar refractivity (Wildman–Crippen MR) is 118 cm³/mol. The Hall–Kier alpha value is -2.72. The number of nitrogens with zero attached hydrogens (tertiary/aromatic N) is 2. The van der Waals surface area contributed by atoms with Gasteiger partial charge < -0.3 is 9.84 Å². The number of aliphatic hydroxyl groups excluding tert-OH is 1. The molecule has 0 aliphatic heterocycles. The van der Waals surface area contributed by atoms with E-state index in [9.17, 15) is 5.11 Å². The highest BCUT2D eigenvalue weighted by Crippen LogP contribution is 2.38. The summed E-state index contributed by atoms with van der Waals surface area (Å²) in [5.74, 6) is 1.21. The van der Waals surface area contributed by atoms with Crippen molar-refractivity contribution >= 4 is 17.4 Å². The summed E-state index contributed by atoms with van der Waals surface area (Å²) in [5, 5.41) is 15.2. The van der Waals surface area contributed by atoms with Crippen LogP contribution in [0.25, 0.3) is 22.7 Å². The van der Waals surface area contributed by atoms with Crippen LogP contribution >= 0.6 is 11.6 Å².